The molecule has 4 aliphatic rings. The Kier molecular flexibility index (Phi) is 4.06. The Morgan fingerprint density at radius 2 is 1.62 bits per heavy atom. The quantitative estimate of drug-likeness (QED) is 0.550. The smallest absolute Gasteiger partial charge is 0.238 e. The zero-order chi connectivity index (χ0) is 22.1. The highest BCUT2D eigenvalue weighted by atomic mass is 16.6. The fourth-order valence-electron chi connectivity index (χ4n) is 6.23. The lowest BCUT2D eigenvalue weighted by molar-refractivity contribution is -0.125. The number of hydrogen-bond acceptors (Lipinski definition) is 6. The number of carbonyl (C=O) groups excluding carboxylic acids is 3. The second kappa shape index (κ2) is 6.76. The summed E-state index contributed by atoms with van der Waals surface area (Å²) in [7, 11) is 1.62. The molecule has 3 fully saturated rings. The largest absolute Gasteiger partial charge is 0.497 e. The molecule has 0 N–H and O–H groups in total. The van der Waals surface area contributed by atoms with E-state index in [9.17, 15) is 14.4 Å². The van der Waals surface area contributed by atoms with E-state index in [0.717, 1.165) is 23.4 Å². The monoisotopic (exact) mass is 430 g/mol. The average molecular weight is 430 g/mol. The van der Waals surface area contributed by atoms with Crippen molar-refractivity contribution in [2.45, 2.75) is 19.4 Å². The van der Waals surface area contributed by atoms with Crippen molar-refractivity contribution in [1.29, 1.82) is 0 Å². The van der Waals surface area contributed by atoms with Gasteiger partial charge in [0.1, 0.15) is 11.9 Å². The Labute approximate surface area is 185 Å². The van der Waals surface area contributed by atoms with Crippen molar-refractivity contribution < 1.29 is 24.0 Å². The normalized spacial score (nSPS) is 31.9. The molecule has 162 valence electrons. The van der Waals surface area contributed by atoms with Crippen LogP contribution in [0.4, 0.5) is 5.69 Å². The van der Waals surface area contributed by atoms with Gasteiger partial charge in [0, 0.05) is 23.0 Å². The first-order valence-electron chi connectivity index (χ1n) is 10.9. The maximum absolute atomic E-state index is 13.5. The number of anilines is 1. The van der Waals surface area contributed by atoms with Crippen LogP contribution in [0, 0.1) is 29.6 Å². The molecular weight excluding hydrogens is 408 g/mol. The third-order valence-corrected chi connectivity index (χ3v) is 7.61. The molecular formula is C25H22N2O5. The summed E-state index contributed by atoms with van der Waals surface area (Å²) >= 11 is 0. The van der Waals surface area contributed by atoms with Crippen molar-refractivity contribution in [1.82, 2.24) is 0 Å². The fraction of sp³-hybridized carbons (Fsp3) is 0.360. The summed E-state index contributed by atoms with van der Waals surface area (Å²) in [6, 6.07) is 14.4. The first-order chi connectivity index (χ1) is 15.5. The minimum atomic E-state index is -0.369. The van der Waals surface area contributed by atoms with Crippen molar-refractivity contribution >= 4 is 29.0 Å². The molecule has 2 aliphatic heterocycles. The van der Waals surface area contributed by atoms with Crippen molar-refractivity contribution in [3.63, 3.8) is 0 Å². The van der Waals surface area contributed by atoms with E-state index in [1.165, 1.54) is 11.8 Å². The molecule has 32 heavy (non-hydrogen) atoms. The number of oxime groups is 1. The zero-order valence-corrected chi connectivity index (χ0v) is 17.7. The van der Waals surface area contributed by atoms with Gasteiger partial charge in [-0.25, -0.2) is 0 Å². The molecule has 0 radical (unpaired) electrons. The number of methoxy groups -OCH3 is 1. The summed E-state index contributed by atoms with van der Waals surface area (Å²) in [6.45, 7) is 1.49. The number of carbonyl (C=O) groups is 3. The third kappa shape index (κ3) is 2.48. The van der Waals surface area contributed by atoms with Crippen molar-refractivity contribution in [3.8, 4) is 5.75 Å². The molecule has 2 aromatic carbocycles. The Bertz CT molecular complexity index is 1170. The summed E-state index contributed by atoms with van der Waals surface area (Å²) < 4.78 is 5.25. The van der Waals surface area contributed by atoms with Crippen LogP contribution < -0.4 is 9.64 Å². The molecule has 2 saturated carbocycles. The van der Waals surface area contributed by atoms with Gasteiger partial charge in [-0.3, -0.25) is 19.3 Å². The maximum atomic E-state index is 13.5. The van der Waals surface area contributed by atoms with Crippen LogP contribution in [0.3, 0.4) is 0 Å². The molecule has 0 spiro atoms. The Morgan fingerprint density at radius 3 is 2.25 bits per heavy atom. The first-order valence-corrected chi connectivity index (χ1v) is 10.9. The molecule has 1 saturated heterocycles. The fourth-order valence-corrected chi connectivity index (χ4v) is 6.23. The Balaban J connectivity index is 1.30. The number of Topliss-reactive ketones (excluding diaryl/α,β-unsaturated/α-hetero) is 1. The molecule has 2 bridgehead atoms. The summed E-state index contributed by atoms with van der Waals surface area (Å²) in [5.41, 5.74) is 2.88. The van der Waals surface area contributed by atoms with Crippen LogP contribution in [-0.2, 0) is 14.4 Å². The molecule has 2 aromatic rings. The first kappa shape index (κ1) is 19.2. The molecule has 0 unspecified atom stereocenters. The van der Waals surface area contributed by atoms with E-state index in [2.05, 4.69) is 5.16 Å². The molecule has 7 heteroatoms. The number of amides is 2. The van der Waals surface area contributed by atoms with E-state index in [4.69, 9.17) is 9.57 Å². The molecule has 6 atom stereocenters. The molecule has 7 nitrogen and oxygen atoms in total. The average Bonchev–Trinajstić information content (AvgIpc) is 3.54. The number of nitrogens with zero attached hydrogens (tertiary/aromatic N) is 2. The molecule has 0 aromatic heterocycles. The minimum absolute atomic E-state index is 0.00596. The SMILES string of the molecule is COc1ccc(C2=NO[C@@H]3[C@H]4C[C@H]([C@@H]23)[C@@H]2C(=O)N(c3ccc(C(C)=O)cc3)C(=O)[C@@H]42)cc1. The highest BCUT2D eigenvalue weighted by molar-refractivity contribution is 6.23. The van der Waals surface area contributed by atoms with E-state index in [0.29, 0.717) is 11.3 Å². The van der Waals surface area contributed by atoms with Crippen molar-refractivity contribution in [2.75, 3.05) is 12.0 Å². The number of fused-ring (bicyclic) bond motifs is 8. The van der Waals surface area contributed by atoms with E-state index < -0.39 is 0 Å². The summed E-state index contributed by atoms with van der Waals surface area (Å²) in [5, 5.41) is 4.38. The van der Waals surface area contributed by atoms with E-state index in [1.807, 2.05) is 24.3 Å². The van der Waals surface area contributed by atoms with Gasteiger partial charge in [-0.1, -0.05) is 5.16 Å². The lowest BCUT2D eigenvalue weighted by Crippen LogP contribution is -2.41. The number of ketones is 1. The molecule has 6 rings (SSSR count). The minimum Gasteiger partial charge on any atom is -0.497 e. The highest BCUT2D eigenvalue weighted by Crippen LogP contribution is 2.62. The zero-order valence-electron chi connectivity index (χ0n) is 17.7. The van der Waals surface area contributed by atoms with E-state index in [1.54, 1.807) is 31.4 Å². The van der Waals surface area contributed by atoms with Crippen LogP contribution in [0.25, 0.3) is 0 Å². The van der Waals surface area contributed by atoms with Crippen LogP contribution in [0.15, 0.2) is 53.7 Å². The van der Waals surface area contributed by atoms with Crippen LogP contribution in [-0.4, -0.2) is 36.5 Å². The van der Waals surface area contributed by atoms with Gasteiger partial charge in [0.05, 0.1) is 30.3 Å². The lowest BCUT2D eigenvalue weighted by atomic mass is 9.71. The van der Waals surface area contributed by atoms with Gasteiger partial charge < -0.3 is 9.57 Å². The predicted molar refractivity (Wildman–Crippen MR) is 115 cm³/mol. The second-order valence-electron chi connectivity index (χ2n) is 9.03. The van der Waals surface area contributed by atoms with Crippen molar-refractivity contribution in [3.05, 3.63) is 59.7 Å². The van der Waals surface area contributed by atoms with Gasteiger partial charge in [0.15, 0.2) is 5.78 Å². The lowest BCUT2D eigenvalue weighted by Gasteiger charge is -2.29. The van der Waals surface area contributed by atoms with Gasteiger partial charge in [0.25, 0.3) is 0 Å². The van der Waals surface area contributed by atoms with Crippen molar-refractivity contribution in [2.24, 2.45) is 34.7 Å². The van der Waals surface area contributed by atoms with Gasteiger partial charge >= 0.3 is 0 Å². The summed E-state index contributed by atoms with van der Waals surface area (Å²) in [5.74, 6) is -0.319. The summed E-state index contributed by atoms with van der Waals surface area (Å²) in [4.78, 5) is 45.5. The number of hydrogen-bond donors (Lipinski definition) is 0. The highest BCUT2D eigenvalue weighted by Gasteiger charge is 2.70. The van der Waals surface area contributed by atoms with Gasteiger partial charge in [-0.15, -0.1) is 0 Å². The van der Waals surface area contributed by atoms with Gasteiger partial charge in [-0.2, -0.15) is 0 Å². The maximum Gasteiger partial charge on any atom is 0.238 e. The van der Waals surface area contributed by atoms with Gasteiger partial charge in [-0.05, 0) is 67.8 Å². The molecule has 2 aliphatic carbocycles. The van der Waals surface area contributed by atoms with E-state index in [-0.39, 0.29) is 53.3 Å². The van der Waals surface area contributed by atoms with E-state index >= 15 is 0 Å². The summed E-state index contributed by atoms with van der Waals surface area (Å²) in [6.07, 6.45) is 0.629. The number of ether oxygens (including phenoxy) is 1. The predicted octanol–water partition coefficient (Wildman–Crippen LogP) is 3.07. The third-order valence-electron chi connectivity index (χ3n) is 7.61. The molecule has 2 amide bonds. The number of benzene rings is 2. The second-order valence-corrected chi connectivity index (χ2v) is 9.03. The Morgan fingerprint density at radius 1 is 0.969 bits per heavy atom. The van der Waals surface area contributed by atoms with Crippen LogP contribution in [0.1, 0.15) is 29.3 Å². The van der Waals surface area contributed by atoms with Crippen LogP contribution in [0.5, 0.6) is 5.75 Å². The standard InChI is InChI=1S/C25H22N2O5/c1-12(28)13-3-7-15(8-4-13)27-24(29)19-17-11-18(20(19)25(27)30)23-21(17)22(26-32-23)14-5-9-16(31-2)10-6-14/h3-10,17-21,23H,11H2,1-2H3/t17-,18-,19-,20-,21-,23+/m0/s1. The number of rotatable bonds is 4. The van der Waals surface area contributed by atoms with Crippen LogP contribution >= 0.6 is 0 Å². The van der Waals surface area contributed by atoms with Crippen LogP contribution in [0.2, 0.25) is 0 Å². The number of imide groups is 1. The Hall–Kier alpha value is -3.48. The van der Waals surface area contributed by atoms with Gasteiger partial charge in [0.2, 0.25) is 11.8 Å². The molecule has 2 heterocycles. The topological polar surface area (TPSA) is 85.3 Å².